The maximum absolute atomic E-state index is 13.6. The molecule has 0 saturated carbocycles. The molecule has 192 valence electrons. The Bertz CT molecular complexity index is 1390. The molecule has 1 aromatic carbocycles. The third-order valence-electron chi connectivity index (χ3n) is 5.90. The molecule has 1 unspecified atom stereocenters. The number of fused-ring (bicyclic) bond motifs is 1. The van der Waals surface area contributed by atoms with Gasteiger partial charge in [-0.1, -0.05) is 29.8 Å². The van der Waals surface area contributed by atoms with Crippen molar-refractivity contribution in [3.8, 4) is 5.69 Å². The van der Waals surface area contributed by atoms with Gasteiger partial charge in [-0.15, -0.1) is 0 Å². The normalized spacial score (nSPS) is 16.1. The zero-order valence-electron chi connectivity index (χ0n) is 21.5. The van der Waals surface area contributed by atoms with Crippen molar-refractivity contribution >= 4 is 23.2 Å². The summed E-state index contributed by atoms with van der Waals surface area (Å²) in [5, 5.41) is 2.95. The molecule has 0 bridgehead atoms. The van der Waals surface area contributed by atoms with Gasteiger partial charge in [0.2, 0.25) is 5.95 Å². The summed E-state index contributed by atoms with van der Waals surface area (Å²) in [7, 11) is 0. The number of para-hydroxylation sites is 1. The minimum atomic E-state index is -0.582. The number of carbonyl (C=O) groups excluding carboxylic acids is 1. The number of rotatable bonds is 5. The number of nitrogens with one attached hydrogen (secondary N) is 2. The number of alkyl carbamates (subject to hydrolysis) is 1. The summed E-state index contributed by atoms with van der Waals surface area (Å²) in [6, 6.07) is 8.70. The van der Waals surface area contributed by atoms with E-state index in [4.69, 9.17) is 9.72 Å². The number of piperidine rings is 1. The Morgan fingerprint density at radius 3 is 2.61 bits per heavy atom. The standard InChI is InChI=1S/C26H34N6O4/c1-17(2)13-15-31-20-21(29-24(34)32(22(20)33)19-11-7-6-8-12-19)28-23(31)30-14-9-10-18(16-30)27-25(35)36-26(3,4)5/h6-8,11-13,18H,9-10,14-16H2,1-5H3,(H,27,35)(H,29,34). The van der Waals surface area contributed by atoms with Crippen LogP contribution in [0.5, 0.6) is 0 Å². The first-order valence-electron chi connectivity index (χ1n) is 12.2. The van der Waals surface area contributed by atoms with Crippen molar-refractivity contribution in [2.75, 3.05) is 18.0 Å². The smallest absolute Gasteiger partial charge is 0.407 e. The van der Waals surface area contributed by atoms with Crippen molar-refractivity contribution in [1.29, 1.82) is 0 Å². The van der Waals surface area contributed by atoms with Gasteiger partial charge in [0, 0.05) is 25.7 Å². The van der Waals surface area contributed by atoms with Gasteiger partial charge in [-0.3, -0.25) is 9.78 Å². The molecule has 0 spiro atoms. The van der Waals surface area contributed by atoms with E-state index in [1.807, 2.05) is 51.3 Å². The highest BCUT2D eigenvalue weighted by molar-refractivity contribution is 5.74. The van der Waals surface area contributed by atoms with E-state index in [1.165, 1.54) is 0 Å². The highest BCUT2D eigenvalue weighted by Crippen LogP contribution is 2.23. The Kier molecular flexibility index (Phi) is 7.05. The molecule has 1 amide bonds. The van der Waals surface area contributed by atoms with Crippen molar-refractivity contribution in [2.45, 2.75) is 65.6 Å². The van der Waals surface area contributed by atoms with E-state index in [0.29, 0.717) is 36.8 Å². The fourth-order valence-corrected chi connectivity index (χ4v) is 4.35. The highest BCUT2D eigenvalue weighted by atomic mass is 16.6. The van der Waals surface area contributed by atoms with Crippen molar-refractivity contribution < 1.29 is 9.53 Å². The lowest BCUT2D eigenvalue weighted by Gasteiger charge is -2.34. The Balaban J connectivity index is 1.75. The molecule has 10 nitrogen and oxygen atoms in total. The molecular weight excluding hydrogens is 460 g/mol. The van der Waals surface area contributed by atoms with Crippen LogP contribution in [0.1, 0.15) is 47.5 Å². The van der Waals surface area contributed by atoms with Gasteiger partial charge in [0.15, 0.2) is 11.2 Å². The minimum Gasteiger partial charge on any atom is -0.444 e. The number of anilines is 1. The summed E-state index contributed by atoms with van der Waals surface area (Å²) < 4.78 is 8.40. The Hall–Kier alpha value is -3.82. The molecule has 1 atom stereocenters. The largest absolute Gasteiger partial charge is 0.444 e. The number of aromatic amines is 1. The van der Waals surface area contributed by atoms with Gasteiger partial charge in [0.1, 0.15) is 5.60 Å². The van der Waals surface area contributed by atoms with Crippen LogP contribution in [-0.2, 0) is 11.3 Å². The lowest BCUT2D eigenvalue weighted by Crippen LogP contribution is -2.49. The first-order chi connectivity index (χ1) is 17.0. The van der Waals surface area contributed by atoms with Gasteiger partial charge >= 0.3 is 11.8 Å². The molecule has 1 saturated heterocycles. The number of nitrogens with zero attached hydrogens (tertiary/aromatic N) is 4. The SMILES string of the molecule is CC(C)=CCn1c(N2CCCC(NC(=O)OC(C)(C)C)C2)nc2[nH]c(=O)n(-c3ccccc3)c(=O)c21. The number of H-pyrrole nitrogens is 1. The van der Waals surface area contributed by atoms with Gasteiger partial charge in [-0.25, -0.2) is 14.2 Å². The summed E-state index contributed by atoms with van der Waals surface area (Å²) in [6.45, 7) is 11.1. The number of ether oxygens (including phenoxy) is 1. The number of amides is 1. The lowest BCUT2D eigenvalue weighted by atomic mass is 10.1. The van der Waals surface area contributed by atoms with Crippen LogP contribution in [0.3, 0.4) is 0 Å². The molecule has 1 aliphatic heterocycles. The van der Waals surface area contributed by atoms with Crippen LogP contribution in [0.25, 0.3) is 16.9 Å². The summed E-state index contributed by atoms with van der Waals surface area (Å²) in [5.41, 5.74) is 0.605. The second-order valence-electron chi connectivity index (χ2n) is 10.3. The molecule has 3 aromatic rings. The van der Waals surface area contributed by atoms with Crippen molar-refractivity contribution in [3.05, 3.63) is 62.8 Å². The van der Waals surface area contributed by atoms with Crippen LogP contribution in [0.2, 0.25) is 0 Å². The number of hydrogen-bond donors (Lipinski definition) is 2. The molecule has 1 fully saturated rings. The predicted octanol–water partition coefficient (Wildman–Crippen LogP) is 3.34. The third kappa shape index (κ3) is 5.53. The van der Waals surface area contributed by atoms with E-state index in [1.54, 1.807) is 24.3 Å². The maximum Gasteiger partial charge on any atom is 0.407 e. The van der Waals surface area contributed by atoms with E-state index in [2.05, 4.69) is 15.2 Å². The van der Waals surface area contributed by atoms with E-state index in [-0.39, 0.29) is 11.7 Å². The van der Waals surface area contributed by atoms with Crippen LogP contribution in [-0.4, -0.2) is 49.9 Å². The number of imidazole rings is 1. The van der Waals surface area contributed by atoms with Crippen LogP contribution in [0.15, 0.2) is 51.6 Å². The molecule has 0 radical (unpaired) electrons. The van der Waals surface area contributed by atoms with Crippen LogP contribution < -0.4 is 21.5 Å². The van der Waals surface area contributed by atoms with E-state index >= 15 is 0 Å². The van der Waals surface area contributed by atoms with Gasteiger partial charge < -0.3 is 19.5 Å². The molecule has 1 aliphatic rings. The van der Waals surface area contributed by atoms with E-state index in [0.717, 1.165) is 23.0 Å². The van der Waals surface area contributed by atoms with Crippen molar-refractivity contribution in [1.82, 2.24) is 24.4 Å². The average Bonchev–Trinajstić information content (AvgIpc) is 3.15. The molecular formula is C26H34N6O4. The van der Waals surface area contributed by atoms with Crippen LogP contribution in [0, 0.1) is 0 Å². The van der Waals surface area contributed by atoms with Crippen molar-refractivity contribution in [2.24, 2.45) is 0 Å². The van der Waals surface area contributed by atoms with E-state index in [9.17, 15) is 14.4 Å². The number of hydrogen-bond acceptors (Lipinski definition) is 6. The zero-order valence-corrected chi connectivity index (χ0v) is 21.5. The third-order valence-corrected chi connectivity index (χ3v) is 5.90. The summed E-state index contributed by atoms with van der Waals surface area (Å²) in [6.07, 6.45) is 3.20. The molecule has 3 heterocycles. The number of aromatic nitrogens is 4. The Labute approximate surface area is 209 Å². The quantitative estimate of drug-likeness (QED) is 0.526. The summed E-state index contributed by atoms with van der Waals surface area (Å²) >= 11 is 0. The maximum atomic E-state index is 13.6. The Morgan fingerprint density at radius 2 is 1.94 bits per heavy atom. The van der Waals surface area contributed by atoms with Gasteiger partial charge in [0.25, 0.3) is 5.56 Å². The van der Waals surface area contributed by atoms with Crippen molar-refractivity contribution in [3.63, 3.8) is 0 Å². The average molecular weight is 495 g/mol. The number of allylic oxidation sites excluding steroid dienone is 2. The highest BCUT2D eigenvalue weighted by Gasteiger charge is 2.28. The second-order valence-corrected chi connectivity index (χ2v) is 10.3. The summed E-state index contributed by atoms with van der Waals surface area (Å²) in [4.78, 5) is 48.4. The van der Waals surface area contributed by atoms with E-state index < -0.39 is 22.9 Å². The molecule has 10 heteroatoms. The summed E-state index contributed by atoms with van der Waals surface area (Å²) in [5.74, 6) is 0.580. The first-order valence-corrected chi connectivity index (χ1v) is 12.2. The number of carbonyl (C=O) groups is 1. The second kappa shape index (κ2) is 10.0. The molecule has 36 heavy (non-hydrogen) atoms. The predicted molar refractivity (Wildman–Crippen MR) is 140 cm³/mol. The number of benzene rings is 1. The fourth-order valence-electron chi connectivity index (χ4n) is 4.35. The lowest BCUT2D eigenvalue weighted by molar-refractivity contribution is 0.0499. The Morgan fingerprint density at radius 1 is 1.22 bits per heavy atom. The minimum absolute atomic E-state index is 0.134. The molecule has 2 aromatic heterocycles. The fraction of sp³-hybridized carbons (Fsp3) is 0.462. The van der Waals surface area contributed by atoms with Crippen LogP contribution >= 0.6 is 0 Å². The van der Waals surface area contributed by atoms with Crippen LogP contribution in [0.4, 0.5) is 10.7 Å². The van der Waals surface area contributed by atoms with Gasteiger partial charge in [-0.05, 0) is 59.6 Å². The molecule has 4 rings (SSSR count). The first kappa shape index (κ1) is 25.3. The monoisotopic (exact) mass is 494 g/mol. The topological polar surface area (TPSA) is 114 Å². The van der Waals surface area contributed by atoms with Gasteiger partial charge in [-0.2, -0.15) is 4.98 Å². The molecule has 0 aliphatic carbocycles. The van der Waals surface area contributed by atoms with Gasteiger partial charge in [0.05, 0.1) is 5.69 Å². The zero-order chi connectivity index (χ0) is 26.0. The molecule has 2 N–H and O–H groups in total.